The quantitative estimate of drug-likeness (QED) is 0.0989. The first-order valence-corrected chi connectivity index (χ1v) is 14.4. The van der Waals surface area contributed by atoms with Crippen LogP contribution in [0.5, 0.6) is 0 Å². The zero-order valence-corrected chi connectivity index (χ0v) is 23.0. The van der Waals surface area contributed by atoms with Gasteiger partial charge in [0, 0.05) is 16.3 Å². The second-order valence-electron chi connectivity index (χ2n) is 8.22. The topological polar surface area (TPSA) is 173 Å². The molecular formula is C28H24F3NO8S2. The van der Waals surface area contributed by atoms with E-state index in [1.807, 2.05) is 12.1 Å². The molecule has 0 radical (unpaired) electrons. The standard InChI is InChI=1S/2C10H8O3S.C8H6F3NO.H2O/c2*11-14(12,13)10-7-3-5-8-4-1-2-6-9(8)10;9-8(10,11)7(12-13)6-4-2-1-3-5-6;/h2*1-7H,(H,11,12,13);1-5,13H;1H2. The lowest BCUT2D eigenvalue weighted by Gasteiger charge is -2.07. The minimum absolute atomic E-state index is 0. The zero-order valence-electron chi connectivity index (χ0n) is 21.3. The molecule has 0 heterocycles. The number of alkyl halides is 3. The lowest BCUT2D eigenvalue weighted by molar-refractivity contribution is -0.0601. The number of halogens is 3. The molecule has 5 aromatic rings. The molecule has 0 aliphatic rings. The number of nitrogens with zero attached hydrogens (tertiary/aromatic N) is 1. The Balaban J connectivity index is 0.000000218. The van der Waals surface area contributed by atoms with E-state index in [4.69, 9.17) is 14.3 Å². The largest absolute Gasteiger partial charge is 0.437 e. The number of hydrogen-bond acceptors (Lipinski definition) is 6. The Morgan fingerprint density at radius 2 is 0.929 bits per heavy atom. The molecule has 5 rings (SSSR count). The first-order chi connectivity index (χ1) is 19.2. The van der Waals surface area contributed by atoms with Crippen LogP contribution in [0.4, 0.5) is 13.2 Å². The minimum atomic E-state index is -4.63. The Hall–Kier alpha value is -4.34. The fourth-order valence-corrected chi connectivity index (χ4v) is 5.14. The lowest BCUT2D eigenvalue weighted by atomic mass is 10.1. The van der Waals surface area contributed by atoms with Gasteiger partial charge < -0.3 is 10.7 Å². The van der Waals surface area contributed by atoms with Crippen LogP contribution in [0.2, 0.25) is 0 Å². The van der Waals surface area contributed by atoms with Gasteiger partial charge >= 0.3 is 6.18 Å². The number of hydrogen-bond donors (Lipinski definition) is 3. The van der Waals surface area contributed by atoms with E-state index in [0.29, 0.717) is 10.8 Å². The van der Waals surface area contributed by atoms with Crippen molar-refractivity contribution < 1.29 is 49.8 Å². The Labute approximate surface area is 239 Å². The molecule has 0 amide bonds. The summed E-state index contributed by atoms with van der Waals surface area (Å²) in [6, 6.07) is 30.5. The van der Waals surface area contributed by atoms with Crippen molar-refractivity contribution in [3.63, 3.8) is 0 Å². The molecular weight excluding hydrogens is 599 g/mol. The van der Waals surface area contributed by atoms with Gasteiger partial charge in [-0.1, -0.05) is 108 Å². The van der Waals surface area contributed by atoms with Crippen LogP contribution in [-0.2, 0) is 20.2 Å². The second-order valence-corrected chi connectivity index (χ2v) is 11.0. The van der Waals surface area contributed by atoms with Crippen LogP contribution >= 0.6 is 0 Å². The van der Waals surface area contributed by atoms with Crippen LogP contribution in [0.3, 0.4) is 0 Å². The van der Waals surface area contributed by atoms with E-state index in [1.54, 1.807) is 66.7 Å². The molecule has 42 heavy (non-hydrogen) atoms. The fraction of sp³-hybridized carbons (Fsp3) is 0.0357. The monoisotopic (exact) mass is 623 g/mol. The first kappa shape index (κ1) is 33.9. The van der Waals surface area contributed by atoms with E-state index in [2.05, 4.69) is 5.16 Å². The summed E-state index contributed by atoms with van der Waals surface area (Å²) in [5, 5.41) is 13.1. The van der Waals surface area contributed by atoms with Crippen LogP contribution in [-0.4, -0.2) is 48.5 Å². The van der Waals surface area contributed by atoms with E-state index < -0.39 is 32.1 Å². The van der Waals surface area contributed by atoms with Crippen molar-refractivity contribution in [3.8, 4) is 0 Å². The van der Waals surface area contributed by atoms with Crippen molar-refractivity contribution in [2.24, 2.45) is 5.16 Å². The Kier molecular flexibility index (Phi) is 11.3. The maximum Gasteiger partial charge on any atom is 0.437 e. The third-order valence-corrected chi connectivity index (χ3v) is 7.29. The van der Waals surface area contributed by atoms with E-state index in [0.717, 1.165) is 10.8 Å². The van der Waals surface area contributed by atoms with Crippen molar-refractivity contribution in [2.75, 3.05) is 0 Å². The predicted octanol–water partition coefficient (Wildman–Crippen LogP) is 5.78. The summed E-state index contributed by atoms with van der Waals surface area (Å²) < 4.78 is 98.3. The maximum absolute atomic E-state index is 12.1. The Morgan fingerprint density at radius 1 is 0.571 bits per heavy atom. The molecule has 0 fully saturated rings. The SMILES string of the molecule is O.O=S(=O)(O)c1cccc2ccccc12.O=S(=O)(O)c1cccc2ccccc12.ON=C(c1ccccc1)C(F)(F)F. The average molecular weight is 624 g/mol. The van der Waals surface area contributed by atoms with Gasteiger partial charge in [-0.3, -0.25) is 9.11 Å². The molecule has 0 aliphatic heterocycles. The molecule has 0 saturated heterocycles. The summed E-state index contributed by atoms with van der Waals surface area (Å²) in [5.74, 6) is 0. The van der Waals surface area contributed by atoms with Gasteiger partial charge in [0.1, 0.15) is 9.79 Å². The van der Waals surface area contributed by atoms with E-state index in [1.165, 1.54) is 36.4 Å². The molecule has 222 valence electrons. The van der Waals surface area contributed by atoms with E-state index >= 15 is 0 Å². The molecule has 0 unspecified atom stereocenters. The van der Waals surface area contributed by atoms with Crippen LogP contribution in [0, 0.1) is 0 Å². The Bertz CT molecular complexity index is 1780. The Morgan fingerprint density at radius 3 is 1.29 bits per heavy atom. The molecule has 5 aromatic carbocycles. The summed E-state index contributed by atoms with van der Waals surface area (Å²) in [5.41, 5.74) is -1.44. The van der Waals surface area contributed by atoms with Gasteiger partial charge in [-0.05, 0) is 22.9 Å². The van der Waals surface area contributed by atoms with Crippen molar-refractivity contribution in [1.82, 2.24) is 0 Å². The summed E-state index contributed by atoms with van der Waals surface area (Å²) in [6.45, 7) is 0. The van der Waals surface area contributed by atoms with Crippen molar-refractivity contribution in [2.45, 2.75) is 16.0 Å². The molecule has 5 N–H and O–H groups in total. The van der Waals surface area contributed by atoms with Gasteiger partial charge in [-0.2, -0.15) is 30.0 Å². The zero-order chi connectivity index (χ0) is 30.3. The third kappa shape index (κ3) is 8.83. The van der Waals surface area contributed by atoms with Crippen LogP contribution in [0.25, 0.3) is 21.5 Å². The normalized spacial score (nSPS) is 11.9. The molecule has 9 nitrogen and oxygen atoms in total. The summed E-state index contributed by atoms with van der Waals surface area (Å²) in [4.78, 5) is -0.0915. The fourth-order valence-electron chi connectivity index (χ4n) is 3.72. The second kappa shape index (κ2) is 14.0. The van der Waals surface area contributed by atoms with Gasteiger partial charge in [-0.15, -0.1) is 0 Å². The highest BCUT2D eigenvalue weighted by molar-refractivity contribution is 7.86. The molecule has 0 bridgehead atoms. The average Bonchev–Trinajstić information content (AvgIpc) is 2.92. The number of fused-ring (bicyclic) bond motifs is 2. The molecule has 0 aliphatic carbocycles. The van der Waals surface area contributed by atoms with Crippen LogP contribution in [0.1, 0.15) is 5.56 Å². The highest BCUT2D eigenvalue weighted by Gasteiger charge is 2.37. The summed E-state index contributed by atoms with van der Waals surface area (Å²) in [7, 11) is -8.26. The molecule has 0 spiro atoms. The first-order valence-electron chi connectivity index (χ1n) is 11.5. The van der Waals surface area contributed by atoms with Crippen LogP contribution in [0.15, 0.2) is 130 Å². The smallest absolute Gasteiger partial charge is 0.412 e. The lowest BCUT2D eigenvalue weighted by Crippen LogP contribution is -2.23. The predicted molar refractivity (Wildman–Crippen MR) is 152 cm³/mol. The molecule has 0 aromatic heterocycles. The van der Waals surface area contributed by atoms with Crippen LogP contribution < -0.4 is 0 Å². The highest BCUT2D eigenvalue weighted by Crippen LogP contribution is 2.24. The number of rotatable bonds is 3. The molecule has 14 heteroatoms. The van der Waals surface area contributed by atoms with Gasteiger partial charge in [0.2, 0.25) is 0 Å². The van der Waals surface area contributed by atoms with Crippen molar-refractivity contribution >= 4 is 47.5 Å². The van der Waals surface area contributed by atoms with Gasteiger partial charge in [-0.25, -0.2) is 0 Å². The number of benzene rings is 5. The maximum atomic E-state index is 12.1. The minimum Gasteiger partial charge on any atom is -0.412 e. The van der Waals surface area contributed by atoms with E-state index in [9.17, 15) is 30.0 Å². The molecule has 0 atom stereocenters. The summed E-state index contributed by atoms with van der Waals surface area (Å²) in [6.07, 6.45) is -4.63. The molecule has 0 saturated carbocycles. The highest BCUT2D eigenvalue weighted by atomic mass is 32.2. The van der Waals surface area contributed by atoms with Gasteiger partial charge in [0.15, 0.2) is 5.71 Å². The van der Waals surface area contributed by atoms with Crippen molar-refractivity contribution in [1.29, 1.82) is 0 Å². The number of oxime groups is 1. The van der Waals surface area contributed by atoms with Crippen molar-refractivity contribution in [3.05, 3.63) is 121 Å². The van der Waals surface area contributed by atoms with Gasteiger partial charge in [0.05, 0.1) is 0 Å². The van der Waals surface area contributed by atoms with E-state index in [-0.39, 0.29) is 20.8 Å². The third-order valence-electron chi connectivity index (χ3n) is 5.47. The summed E-state index contributed by atoms with van der Waals surface area (Å²) >= 11 is 0. The van der Waals surface area contributed by atoms with Gasteiger partial charge in [0.25, 0.3) is 20.2 Å².